The van der Waals surface area contributed by atoms with Gasteiger partial charge in [-0.3, -0.25) is 4.98 Å². The topological polar surface area (TPSA) is 34.2 Å². The normalized spacial score (nSPS) is 15.3. The van der Waals surface area contributed by atoms with Crippen molar-refractivity contribution in [1.82, 2.24) is 10.3 Å². The van der Waals surface area contributed by atoms with Crippen LogP contribution in [0.1, 0.15) is 31.2 Å². The molecule has 1 N–H and O–H groups in total. The zero-order valence-electron chi connectivity index (χ0n) is 9.42. The molecule has 0 aromatic carbocycles. The SMILES string of the molecule is CCc1nc(CNC2CC2)ccc1OC. The minimum atomic E-state index is 0.735. The van der Waals surface area contributed by atoms with E-state index in [0.717, 1.165) is 36.1 Å². The molecule has 0 bridgehead atoms. The summed E-state index contributed by atoms with van der Waals surface area (Å²) in [6.45, 7) is 2.98. The lowest BCUT2D eigenvalue weighted by atomic mass is 10.2. The molecule has 0 spiro atoms. The number of hydrogen-bond acceptors (Lipinski definition) is 3. The van der Waals surface area contributed by atoms with E-state index < -0.39 is 0 Å². The van der Waals surface area contributed by atoms with Crippen molar-refractivity contribution in [3.8, 4) is 5.75 Å². The summed E-state index contributed by atoms with van der Waals surface area (Å²) in [5.74, 6) is 0.896. The number of rotatable bonds is 5. The van der Waals surface area contributed by atoms with E-state index in [1.54, 1.807) is 7.11 Å². The van der Waals surface area contributed by atoms with E-state index in [9.17, 15) is 0 Å². The Morgan fingerprint density at radius 1 is 1.47 bits per heavy atom. The Morgan fingerprint density at radius 2 is 2.27 bits per heavy atom. The van der Waals surface area contributed by atoms with Crippen molar-refractivity contribution < 1.29 is 4.74 Å². The first kappa shape index (κ1) is 10.4. The van der Waals surface area contributed by atoms with Crippen LogP contribution in [-0.4, -0.2) is 18.1 Å². The highest BCUT2D eigenvalue weighted by atomic mass is 16.5. The zero-order chi connectivity index (χ0) is 10.7. The smallest absolute Gasteiger partial charge is 0.140 e. The molecule has 0 saturated heterocycles. The molecular formula is C12H18N2O. The molecule has 0 radical (unpaired) electrons. The Hall–Kier alpha value is -1.09. The van der Waals surface area contributed by atoms with Crippen molar-refractivity contribution in [2.24, 2.45) is 0 Å². The molecule has 0 amide bonds. The van der Waals surface area contributed by atoms with Crippen LogP contribution in [0.4, 0.5) is 0 Å². The summed E-state index contributed by atoms with van der Waals surface area (Å²) in [5.41, 5.74) is 2.16. The van der Waals surface area contributed by atoms with Gasteiger partial charge in [0.15, 0.2) is 0 Å². The van der Waals surface area contributed by atoms with Crippen LogP contribution in [-0.2, 0) is 13.0 Å². The standard InChI is InChI=1S/C12H18N2O/c1-3-11-12(15-2)7-6-10(14-11)8-13-9-4-5-9/h6-7,9,13H,3-5,8H2,1-2H3. The maximum absolute atomic E-state index is 5.25. The fraction of sp³-hybridized carbons (Fsp3) is 0.583. The Bertz CT molecular complexity index is 334. The molecule has 1 aliphatic rings. The van der Waals surface area contributed by atoms with Crippen molar-refractivity contribution in [3.63, 3.8) is 0 Å². The van der Waals surface area contributed by atoms with Gasteiger partial charge in [0.1, 0.15) is 5.75 Å². The zero-order valence-corrected chi connectivity index (χ0v) is 9.42. The van der Waals surface area contributed by atoms with Gasteiger partial charge in [-0.25, -0.2) is 0 Å². The van der Waals surface area contributed by atoms with E-state index in [2.05, 4.69) is 17.2 Å². The van der Waals surface area contributed by atoms with Crippen LogP contribution in [0.25, 0.3) is 0 Å². The van der Waals surface area contributed by atoms with Gasteiger partial charge in [-0.2, -0.15) is 0 Å². The lowest BCUT2D eigenvalue weighted by Crippen LogP contribution is -2.16. The fourth-order valence-electron chi connectivity index (χ4n) is 1.61. The van der Waals surface area contributed by atoms with Gasteiger partial charge < -0.3 is 10.1 Å². The molecule has 1 heterocycles. The van der Waals surface area contributed by atoms with Gasteiger partial charge >= 0.3 is 0 Å². The van der Waals surface area contributed by atoms with E-state index >= 15 is 0 Å². The van der Waals surface area contributed by atoms with Crippen molar-refractivity contribution in [1.29, 1.82) is 0 Å². The summed E-state index contributed by atoms with van der Waals surface area (Å²) < 4.78 is 5.25. The van der Waals surface area contributed by atoms with Gasteiger partial charge in [0, 0.05) is 12.6 Å². The second-order valence-electron chi connectivity index (χ2n) is 3.96. The summed E-state index contributed by atoms with van der Waals surface area (Å²) in [7, 11) is 1.69. The van der Waals surface area contributed by atoms with Crippen LogP contribution in [0, 0.1) is 0 Å². The third kappa shape index (κ3) is 2.69. The van der Waals surface area contributed by atoms with Crippen LogP contribution >= 0.6 is 0 Å². The van der Waals surface area contributed by atoms with Crippen LogP contribution < -0.4 is 10.1 Å². The van der Waals surface area contributed by atoms with E-state index in [1.165, 1.54) is 12.8 Å². The fourth-order valence-corrected chi connectivity index (χ4v) is 1.61. The van der Waals surface area contributed by atoms with Crippen LogP contribution in [0.5, 0.6) is 5.75 Å². The van der Waals surface area contributed by atoms with Crippen molar-refractivity contribution >= 4 is 0 Å². The van der Waals surface area contributed by atoms with Crippen LogP contribution in [0.15, 0.2) is 12.1 Å². The second kappa shape index (κ2) is 4.62. The largest absolute Gasteiger partial charge is 0.495 e. The van der Waals surface area contributed by atoms with E-state index in [-0.39, 0.29) is 0 Å². The Balaban J connectivity index is 2.03. The number of hydrogen-bond donors (Lipinski definition) is 1. The first-order valence-electron chi connectivity index (χ1n) is 5.59. The average molecular weight is 206 g/mol. The Morgan fingerprint density at radius 3 is 2.87 bits per heavy atom. The summed E-state index contributed by atoms with van der Waals surface area (Å²) in [5, 5.41) is 3.46. The van der Waals surface area contributed by atoms with Gasteiger partial charge in [0.2, 0.25) is 0 Å². The van der Waals surface area contributed by atoms with Crippen molar-refractivity contribution in [3.05, 3.63) is 23.5 Å². The molecule has 3 nitrogen and oxygen atoms in total. The van der Waals surface area contributed by atoms with Gasteiger partial charge in [0.25, 0.3) is 0 Å². The molecule has 1 aromatic rings. The first-order chi connectivity index (χ1) is 7.33. The molecule has 0 aliphatic heterocycles. The molecule has 1 aliphatic carbocycles. The van der Waals surface area contributed by atoms with E-state index in [1.807, 2.05) is 12.1 Å². The minimum absolute atomic E-state index is 0.735. The number of nitrogens with one attached hydrogen (secondary N) is 1. The molecule has 2 rings (SSSR count). The monoisotopic (exact) mass is 206 g/mol. The quantitative estimate of drug-likeness (QED) is 0.799. The predicted octanol–water partition coefficient (Wildman–Crippen LogP) is 1.90. The van der Waals surface area contributed by atoms with Crippen molar-refractivity contribution in [2.45, 2.75) is 38.8 Å². The Labute approximate surface area is 90.9 Å². The maximum atomic E-state index is 5.25. The molecule has 1 saturated carbocycles. The highest BCUT2D eigenvalue weighted by Gasteiger charge is 2.20. The molecule has 0 atom stereocenters. The molecule has 15 heavy (non-hydrogen) atoms. The molecule has 82 valence electrons. The lowest BCUT2D eigenvalue weighted by molar-refractivity contribution is 0.406. The highest BCUT2D eigenvalue weighted by Crippen LogP contribution is 2.20. The lowest BCUT2D eigenvalue weighted by Gasteiger charge is -2.08. The Kier molecular flexibility index (Phi) is 3.21. The molecular weight excluding hydrogens is 188 g/mol. The number of methoxy groups -OCH3 is 1. The first-order valence-corrected chi connectivity index (χ1v) is 5.59. The van der Waals surface area contributed by atoms with Crippen LogP contribution in [0.2, 0.25) is 0 Å². The van der Waals surface area contributed by atoms with Gasteiger partial charge in [-0.15, -0.1) is 0 Å². The summed E-state index contributed by atoms with van der Waals surface area (Å²) in [6.07, 6.45) is 3.55. The average Bonchev–Trinajstić information content (AvgIpc) is 3.09. The predicted molar refractivity (Wildman–Crippen MR) is 60.0 cm³/mol. The number of aryl methyl sites for hydroxylation is 1. The number of pyridine rings is 1. The number of aromatic nitrogens is 1. The molecule has 1 fully saturated rings. The second-order valence-corrected chi connectivity index (χ2v) is 3.96. The molecule has 1 aromatic heterocycles. The summed E-state index contributed by atoms with van der Waals surface area (Å²) >= 11 is 0. The third-order valence-corrected chi connectivity index (χ3v) is 2.69. The van der Waals surface area contributed by atoms with E-state index in [0.29, 0.717) is 0 Å². The van der Waals surface area contributed by atoms with Crippen LogP contribution in [0.3, 0.4) is 0 Å². The summed E-state index contributed by atoms with van der Waals surface area (Å²) in [4.78, 5) is 4.57. The van der Waals surface area contributed by atoms with E-state index in [4.69, 9.17) is 4.74 Å². The maximum Gasteiger partial charge on any atom is 0.140 e. The minimum Gasteiger partial charge on any atom is -0.495 e. The van der Waals surface area contributed by atoms with Gasteiger partial charge in [-0.05, 0) is 31.4 Å². The van der Waals surface area contributed by atoms with Gasteiger partial charge in [0.05, 0.1) is 18.5 Å². The third-order valence-electron chi connectivity index (χ3n) is 2.69. The number of nitrogens with zero attached hydrogens (tertiary/aromatic N) is 1. The highest BCUT2D eigenvalue weighted by molar-refractivity contribution is 5.29. The van der Waals surface area contributed by atoms with Gasteiger partial charge in [-0.1, -0.05) is 6.92 Å². The van der Waals surface area contributed by atoms with Crippen molar-refractivity contribution in [2.75, 3.05) is 7.11 Å². The summed E-state index contributed by atoms with van der Waals surface area (Å²) in [6, 6.07) is 4.78. The molecule has 0 unspecified atom stereocenters. The molecule has 3 heteroatoms. The number of ether oxygens (including phenoxy) is 1.